The predicted octanol–water partition coefficient (Wildman–Crippen LogP) is 2.59. The van der Waals surface area contributed by atoms with E-state index in [-0.39, 0.29) is 16.9 Å². The van der Waals surface area contributed by atoms with Gasteiger partial charge in [0.05, 0.1) is 0 Å². The number of hydrogen-bond donors (Lipinski definition) is 1. The first-order valence-corrected chi connectivity index (χ1v) is 6.03. The van der Waals surface area contributed by atoms with Crippen LogP contribution in [0.25, 0.3) is 0 Å². The Kier molecular flexibility index (Phi) is 3.94. The number of carbonyl (C=O) groups is 1. The van der Waals surface area contributed by atoms with Crippen molar-refractivity contribution in [3.63, 3.8) is 0 Å². The molecule has 0 aliphatic heterocycles. The maximum atomic E-state index is 12.1. The molecule has 0 spiro atoms. The molecule has 0 bridgehead atoms. The Morgan fingerprint density at radius 3 is 2.94 bits per heavy atom. The molecule has 0 aliphatic rings. The predicted molar refractivity (Wildman–Crippen MR) is 69.7 cm³/mol. The fourth-order valence-corrected chi connectivity index (χ4v) is 1.78. The van der Waals surface area contributed by atoms with Crippen LogP contribution in [-0.4, -0.2) is 20.4 Å². The lowest BCUT2D eigenvalue weighted by atomic mass is 10.3. The van der Waals surface area contributed by atoms with Crippen LogP contribution >= 0.6 is 11.6 Å². The van der Waals surface area contributed by atoms with Gasteiger partial charge in [0, 0.05) is 25.1 Å². The van der Waals surface area contributed by atoms with Crippen molar-refractivity contribution in [3.05, 3.63) is 41.6 Å². The average molecular weight is 265 g/mol. The number of nitrogens with zero attached hydrogens (tertiary/aromatic N) is 3. The van der Waals surface area contributed by atoms with Crippen LogP contribution in [0.3, 0.4) is 0 Å². The van der Waals surface area contributed by atoms with Crippen molar-refractivity contribution in [1.82, 2.24) is 14.5 Å². The van der Waals surface area contributed by atoms with Crippen molar-refractivity contribution in [2.75, 3.05) is 5.32 Å². The highest BCUT2D eigenvalue weighted by Gasteiger charge is 2.13. The zero-order valence-electron chi connectivity index (χ0n) is 9.93. The quantitative estimate of drug-likeness (QED) is 0.923. The maximum absolute atomic E-state index is 12.1. The van der Waals surface area contributed by atoms with Crippen LogP contribution in [0.4, 0.5) is 5.82 Å². The molecule has 0 fully saturated rings. The largest absolute Gasteiger partial charge is 0.344 e. The van der Waals surface area contributed by atoms with Gasteiger partial charge in [-0.25, -0.2) is 9.97 Å². The van der Waals surface area contributed by atoms with E-state index in [0.717, 1.165) is 13.0 Å². The molecule has 0 aromatic carbocycles. The van der Waals surface area contributed by atoms with Gasteiger partial charge in [0.2, 0.25) is 0 Å². The second-order valence-electron chi connectivity index (χ2n) is 3.74. The van der Waals surface area contributed by atoms with Gasteiger partial charge in [-0.15, -0.1) is 0 Å². The highest BCUT2D eigenvalue weighted by molar-refractivity contribution is 6.32. The van der Waals surface area contributed by atoms with Crippen LogP contribution in [0.1, 0.15) is 23.8 Å². The Morgan fingerprint density at radius 2 is 2.22 bits per heavy atom. The van der Waals surface area contributed by atoms with Crippen LogP contribution in [0.15, 0.2) is 30.7 Å². The van der Waals surface area contributed by atoms with E-state index in [4.69, 9.17) is 11.6 Å². The standard InChI is InChI=1S/C12H13ClN4O/c1-2-7-17-8-3-4-9(17)12(18)16-11-10(13)14-5-6-15-11/h3-6,8H,2,7H2,1H3,(H,15,16,18). The SMILES string of the molecule is CCCn1cccc1C(=O)Nc1nccnc1Cl. The van der Waals surface area contributed by atoms with Crippen LogP contribution in [0.2, 0.25) is 5.15 Å². The van der Waals surface area contributed by atoms with Gasteiger partial charge in [-0.3, -0.25) is 4.79 Å². The summed E-state index contributed by atoms with van der Waals surface area (Å²) in [6.45, 7) is 2.85. The van der Waals surface area contributed by atoms with Gasteiger partial charge in [-0.1, -0.05) is 18.5 Å². The van der Waals surface area contributed by atoms with E-state index in [1.54, 1.807) is 6.07 Å². The van der Waals surface area contributed by atoms with Crippen LogP contribution in [0.5, 0.6) is 0 Å². The van der Waals surface area contributed by atoms with E-state index in [9.17, 15) is 4.79 Å². The molecule has 0 aliphatic carbocycles. The third kappa shape index (κ3) is 2.68. The molecule has 1 N–H and O–H groups in total. The molecule has 6 heteroatoms. The Morgan fingerprint density at radius 1 is 1.44 bits per heavy atom. The van der Waals surface area contributed by atoms with Crippen LogP contribution in [0, 0.1) is 0 Å². The Balaban J connectivity index is 2.17. The number of halogens is 1. The summed E-state index contributed by atoms with van der Waals surface area (Å²) < 4.78 is 1.89. The van der Waals surface area contributed by atoms with Crippen LogP contribution in [-0.2, 0) is 6.54 Å². The zero-order chi connectivity index (χ0) is 13.0. The minimum atomic E-state index is -0.240. The van der Waals surface area contributed by atoms with Gasteiger partial charge in [-0.05, 0) is 18.6 Å². The Labute approximate surface area is 110 Å². The molecule has 2 rings (SSSR count). The van der Waals surface area contributed by atoms with Crippen molar-refractivity contribution >= 4 is 23.3 Å². The highest BCUT2D eigenvalue weighted by atomic mass is 35.5. The maximum Gasteiger partial charge on any atom is 0.273 e. The first-order valence-electron chi connectivity index (χ1n) is 5.65. The van der Waals surface area contributed by atoms with Crippen molar-refractivity contribution in [2.45, 2.75) is 19.9 Å². The number of amides is 1. The van der Waals surface area contributed by atoms with E-state index >= 15 is 0 Å². The molecule has 2 aromatic rings. The fourth-order valence-electron chi connectivity index (χ4n) is 1.63. The monoisotopic (exact) mass is 264 g/mol. The molecule has 0 saturated heterocycles. The number of aromatic nitrogens is 3. The number of nitrogens with one attached hydrogen (secondary N) is 1. The summed E-state index contributed by atoms with van der Waals surface area (Å²) in [5.41, 5.74) is 0.582. The first-order chi connectivity index (χ1) is 8.72. The molecule has 18 heavy (non-hydrogen) atoms. The Hall–Kier alpha value is -1.88. The highest BCUT2D eigenvalue weighted by Crippen LogP contribution is 2.15. The summed E-state index contributed by atoms with van der Waals surface area (Å²) in [5, 5.41) is 2.83. The lowest BCUT2D eigenvalue weighted by Crippen LogP contribution is -2.17. The van der Waals surface area contributed by atoms with Crippen molar-refractivity contribution in [2.24, 2.45) is 0 Å². The fraction of sp³-hybridized carbons (Fsp3) is 0.250. The minimum Gasteiger partial charge on any atom is -0.344 e. The molecule has 5 nitrogen and oxygen atoms in total. The second kappa shape index (κ2) is 5.64. The van der Waals surface area contributed by atoms with E-state index in [2.05, 4.69) is 22.2 Å². The molecule has 0 unspecified atom stereocenters. The van der Waals surface area contributed by atoms with E-state index in [1.807, 2.05) is 16.8 Å². The van der Waals surface area contributed by atoms with Crippen molar-refractivity contribution in [1.29, 1.82) is 0 Å². The number of hydrogen-bond acceptors (Lipinski definition) is 3. The summed E-state index contributed by atoms with van der Waals surface area (Å²) in [6, 6.07) is 3.60. The third-order valence-electron chi connectivity index (χ3n) is 2.41. The van der Waals surface area contributed by atoms with Crippen molar-refractivity contribution < 1.29 is 4.79 Å². The normalized spacial score (nSPS) is 10.3. The molecular weight excluding hydrogens is 252 g/mol. The molecule has 2 heterocycles. The van der Waals surface area contributed by atoms with Gasteiger partial charge < -0.3 is 9.88 Å². The number of aryl methyl sites for hydroxylation is 1. The summed E-state index contributed by atoms with van der Waals surface area (Å²) >= 11 is 5.84. The zero-order valence-corrected chi connectivity index (χ0v) is 10.7. The smallest absolute Gasteiger partial charge is 0.273 e. The van der Waals surface area contributed by atoms with E-state index in [0.29, 0.717) is 5.69 Å². The Bertz CT molecular complexity index is 553. The molecule has 2 aromatic heterocycles. The summed E-state index contributed by atoms with van der Waals surface area (Å²) in [7, 11) is 0. The van der Waals surface area contributed by atoms with E-state index in [1.165, 1.54) is 12.4 Å². The molecule has 0 radical (unpaired) electrons. The molecule has 1 amide bonds. The number of carbonyl (C=O) groups excluding carboxylic acids is 1. The lowest BCUT2D eigenvalue weighted by Gasteiger charge is -2.08. The number of rotatable bonds is 4. The third-order valence-corrected chi connectivity index (χ3v) is 2.69. The first kappa shape index (κ1) is 12.6. The van der Waals surface area contributed by atoms with E-state index < -0.39 is 0 Å². The summed E-state index contributed by atoms with van der Waals surface area (Å²) in [6.07, 6.45) is 5.78. The van der Waals surface area contributed by atoms with Gasteiger partial charge in [0.25, 0.3) is 5.91 Å². The van der Waals surface area contributed by atoms with Gasteiger partial charge in [0.1, 0.15) is 5.69 Å². The molecule has 0 saturated carbocycles. The average Bonchev–Trinajstić information content (AvgIpc) is 2.81. The van der Waals surface area contributed by atoms with Crippen molar-refractivity contribution in [3.8, 4) is 0 Å². The topological polar surface area (TPSA) is 59.8 Å². The second-order valence-corrected chi connectivity index (χ2v) is 4.09. The van der Waals surface area contributed by atoms with Crippen LogP contribution < -0.4 is 5.32 Å². The summed E-state index contributed by atoms with van der Waals surface area (Å²) in [5.74, 6) is 0.0317. The molecule has 94 valence electrons. The van der Waals surface area contributed by atoms with Gasteiger partial charge in [-0.2, -0.15) is 0 Å². The van der Waals surface area contributed by atoms with Gasteiger partial charge in [0.15, 0.2) is 11.0 Å². The lowest BCUT2D eigenvalue weighted by molar-refractivity contribution is 0.101. The summed E-state index contributed by atoms with van der Waals surface area (Å²) in [4.78, 5) is 19.9. The number of anilines is 1. The van der Waals surface area contributed by atoms with Gasteiger partial charge >= 0.3 is 0 Å². The molecule has 0 atom stereocenters. The molecular formula is C12H13ClN4O. The minimum absolute atomic E-state index is 0.180.